The maximum absolute atomic E-state index is 13.5. The highest BCUT2D eigenvalue weighted by Gasteiger charge is 2.30. The van der Waals surface area contributed by atoms with Crippen LogP contribution in [0.5, 0.6) is 0 Å². The molecule has 8 nitrogen and oxygen atoms in total. The molecule has 0 saturated heterocycles. The number of nitrogens with one attached hydrogen (secondary N) is 1. The molecular formula is C28H33ClN6O2. The molecule has 3 aromatic rings. The summed E-state index contributed by atoms with van der Waals surface area (Å²) in [5.74, 6) is 1.05. The minimum absolute atomic E-state index is 0.0136. The second-order valence-electron chi connectivity index (χ2n) is 9.22. The Balaban J connectivity index is 1.78. The van der Waals surface area contributed by atoms with Gasteiger partial charge in [0, 0.05) is 34.8 Å². The Morgan fingerprint density at radius 1 is 1.08 bits per heavy atom. The fourth-order valence-electron chi connectivity index (χ4n) is 4.64. The molecule has 1 N–H and O–H groups in total. The van der Waals surface area contributed by atoms with E-state index in [1.807, 2.05) is 75.6 Å². The van der Waals surface area contributed by atoms with Crippen LogP contribution >= 0.6 is 11.6 Å². The van der Waals surface area contributed by atoms with E-state index in [9.17, 15) is 9.59 Å². The van der Waals surface area contributed by atoms with Gasteiger partial charge < -0.3 is 10.2 Å². The number of carbonyl (C=O) groups excluding carboxylic acids is 2. The number of likely N-dealkylation sites (N-methyl/N-ethyl adjacent to an activating group) is 1. The van der Waals surface area contributed by atoms with Crippen LogP contribution in [0, 0.1) is 12.8 Å². The van der Waals surface area contributed by atoms with E-state index in [2.05, 4.69) is 15.5 Å². The number of aromatic nitrogens is 3. The van der Waals surface area contributed by atoms with Gasteiger partial charge in [0.15, 0.2) is 5.82 Å². The van der Waals surface area contributed by atoms with E-state index < -0.39 is 6.04 Å². The van der Waals surface area contributed by atoms with Crippen molar-refractivity contribution in [2.75, 3.05) is 13.1 Å². The molecule has 0 spiro atoms. The van der Waals surface area contributed by atoms with E-state index in [4.69, 9.17) is 16.6 Å². The molecule has 0 aliphatic carbocycles. The molecule has 4 rings (SSSR count). The van der Waals surface area contributed by atoms with Gasteiger partial charge in [0.2, 0.25) is 5.91 Å². The third-order valence-corrected chi connectivity index (χ3v) is 7.32. The summed E-state index contributed by atoms with van der Waals surface area (Å²) >= 11 is 6.57. The number of hydrogen-bond acceptors (Lipinski definition) is 5. The summed E-state index contributed by atoms with van der Waals surface area (Å²) < 4.78 is 1.95. The van der Waals surface area contributed by atoms with Crippen molar-refractivity contribution in [3.05, 3.63) is 75.8 Å². The Hall–Kier alpha value is -3.52. The van der Waals surface area contributed by atoms with Crippen molar-refractivity contribution in [3.8, 4) is 5.69 Å². The normalized spacial score (nSPS) is 14.1. The van der Waals surface area contributed by atoms with Crippen LogP contribution in [0.15, 0.2) is 47.5 Å². The zero-order valence-electron chi connectivity index (χ0n) is 22.0. The molecule has 0 radical (unpaired) electrons. The Labute approximate surface area is 222 Å². The van der Waals surface area contributed by atoms with Gasteiger partial charge in [0.25, 0.3) is 5.91 Å². The van der Waals surface area contributed by atoms with Crippen LogP contribution in [0.25, 0.3) is 5.69 Å². The van der Waals surface area contributed by atoms with Crippen molar-refractivity contribution in [3.63, 3.8) is 0 Å². The molecule has 2 aromatic carbocycles. The third-order valence-electron chi connectivity index (χ3n) is 6.99. The standard InChI is InChI=1S/C28H33ClN6O2/c1-6-17(4)25(28(37)34(7-2)8-3)31-27(36)19-13-14-23-21(15-19)26(20-11-9-10-12-22(20)29)30-16-24-33-32-18(5)35(23)24/h9-15,17,25H,6-8,16H2,1-5H3,(H,31,36)/t17-,25-/m0/s1. The minimum atomic E-state index is -0.611. The lowest BCUT2D eigenvalue weighted by atomic mass is 9.96. The van der Waals surface area contributed by atoms with Crippen LogP contribution in [0.4, 0.5) is 0 Å². The number of hydrogen-bond donors (Lipinski definition) is 1. The molecule has 1 aliphatic rings. The average Bonchev–Trinajstić information content (AvgIpc) is 3.19. The number of carbonyl (C=O) groups is 2. The quantitative estimate of drug-likeness (QED) is 0.470. The van der Waals surface area contributed by atoms with Crippen LogP contribution in [0.2, 0.25) is 5.02 Å². The second-order valence-corrected chi connectivity index (χ2v) is 9.63. The van der Waals surface area contributed by atoms with Gasteiger partial charge in [-0.2, -0.15) is 0 Å². The van der Waals surface area contributed by atoms with Gasteiger partial charge in [-0.25, -0.2) is 0 Å². The summed E-state index contributed by atoms with van der Waals surface area (Å²) in [6.45, 7) is 11.3. The summed E-state index contributed by atoms with van der Waals surface area (Å²) in [7, 11) is 0. The van der Waals surface area contributed by atoms with Crippen molar-refractivity contribution in [2.24, 2.45) is 10.9 Å². The molecule has 194 valence electrons. The fraction of sp³-hybridized carbons (Fsp3) is 0.393. The monoisotopic (exact) mass is 520 g/mol. The Morgan fingerprint density at radius 2 is 1.81 bits per heavy atom. The van der Waals surface area contributed by atoms with Crippen molar-refractivity contribution in [1.82, 2.24) is 25.0 Å². The van der Waals surface area contributed by atoms with Gasteiger partial charge in [0.05, 0.1) is 11.4 Å². The second kappa shape index (κ2) is 11.3. The van der Waals surface area contributed by atoms with Gasteiger partial charge in [-0.05, 0) is 51.0 Å². The van der Waals surface area contributed by atoms with E-state index in [-0.39, 0.29) is 17.7 Å². The SMILES string of the molecule is CC[C@H](C)[C@H](NC(=O)c1ccc2c(c1)C(c1ccccc1Cl)=NCc1nnc(C)n1-2)C(=O)N(CC)CC. The predicted molar refractivity (Wildman–Crippen MR) is 146 cm³/mol. The van der Waals surface area contributed by atoms with E-state index in [1.54, 1.807) is 11.0 Å². The van der Waals surface area contributed by atoms with Gasteiger partial charge in [-0.15, -0.1) is 10.2 Å². The van der Waals surface area contributed by atoms with Crippen molar-refractivity contribution < 1.29 is 9.59 Å². The van der Waals surface area contributed by atoms with Crippen LogP contribution in [-0.2, 0) is 11.3 Å². The van der Waals surface area contributed by atoms with Crippen LogP contribution in [-0.4, -0.2) is 56.3 Å². The van der Waals surface area contributed by atoms with Crippen LogP contribution in [0.1, 0.15) is 67.2 Å². The molecule has 2 heterocycles. The maximum atomic E-state index is 13.5. The highest BCUT2D eigenvalue weighted by atomic mass is 35.5. The predicted octanol–water partition coefficient (Wildman–Crippen LogP) is 4.59. The Morgan fingerprint density at radius 3 is 2.49 bits per heavy atom. The van der Waals surface area contributed by atoms with Crippen LogP contribution in [0.3, 0.4) is 0 Å². The lowest BCUT2D eigenvalue weighted by Gasteiger charge is -2.29. The molecule has 2 amide bonds. The van der Waals surface area contributed by atoms with Gasteiger partial charge in [-0.1, -0.05) is 50.1 Å². The van der Waals surface area contributed by atoms with E-state index in [0.29, 0.717) is 41.8 Å². The zero-order chi connectivity index (χ0) is 26.7. The summed E-state index contributed by atoms with van der Waals surface area (Å²) in [6.07, 6.45) is 0.765. The minimum Gasteiger partial charge on any atom is -0.341 e. The number of benzene rings is 2. The zero-order valence-corrected chi connectivity index (χ0v) is 22.7. The Bertz CT molecular complexity index is 1340. The van der Waals surface area contributed by atoms with Gasteiger partial charge >= 0.3 is 0 Å². The van der Waals surface area contributed by atoms with Crippen molar-refractivity contribution >= 4 is 29.1 Å². The third kappa shape index (κ3) is 5.16. The van der Waals surface area contributed by atoms with Crippen molar-refractivity contribution in [1.29, 1.82) is 0 Å². The van der Waals surface area contributed by atoms with E-state index in [0.717, 1.165) is 29.1 Å². The fourth-order valence-corrected chi connectivity index (χ4v) is 4.87. The van der Waals surface area contributed by atoms with Crippen molar-refractivity contribution in [2.45, 2.75) is 53.6 Å². The molecule has 0 saturated carbocycles. The summed E-state index contributed by atoms with van der Waals surface area (Å²) in [5.41, 5.74) is 3.46. The lowest BCUT2D eigenvalue weighted by molar-refractivity contribution is -0.134. The van der Waals surface area contributed by atoms with Crippen LogP contribution < -0.4 is 5.32 Å². The molecule has 1 aromatic heterocycles. The number of amides is 2. The largest absolute Gasteiger partial charge is 0.341 e. The molecule has 1 aliphatic heterocycles. The maximum Gasteiger partial charge on any atom is 0.251 e. The highest BCUT2D eigenvalue weighted by molar-refractivity contribution is 6.35. The molecule has 0 unspecified atom stereocenters. The van der Waals surface area contributed by atoms with E-state index >= 15 is 0 Å². The molecule has 37 heavy (non-hydrogen) atoms. The first-order valence-electron chi connectivity index (χ1n) is 12.7. The summed E-state index contributed by atoms with van der Waals surface area (Å²) in [5, 5.41) is 12.1. The molecule has 9 heteroatoms. The number of nitrogens with zero attached hydrogens (tertiary/aromatic N) is 5. The topological polar surface area (TPSA) is 92.5 Å². The Kier molecular flexibility index (Phi) is 8.07. The number of fused-ring (bicyclic) bond motifs is 3. The molecule has 2 atom stereocenters. The highest BCUT2D eigenvalue weighted by Crippen LogP contribution is 2.29. The molecule has 0 bridgehead atoms. The number of aliphatic imine (C=N–C) groups is 1. The summed E-state index contributed by atoms with van der Waals surface area (Å²) in [6, 6.07) is 12.4. The first kappa shape index (κ1) is 26.5. The van der Waals surface area contributed by atoms with Gasteiger partial charge in [-0.3, -0.25) is 19.1 Å². The molecule has 0 fully saturated rings. The lowest BCUT2D eigenvalue weighted by Crippen LogP contribution is -2.51. The average molecular weight is 521 g/mol. The van der Waals surface area contributed by atoms with Gasteiger partial charge in [0.1, 0.15) is 18.4 Å². The number of halogens is 1. The number of aryl methyl sites for hydroxylation is 1. The van der Waals surface area contributed by atoms with E-state index in [1.165, 1.54) is 0 Å². The molecular weight excluding hydrogens is 488 g/mol. The number of rotatable bonds is 8. The smallest absolute Gasteiger partial charge is 0.251 e. The summed E-state index contributed by atoms with van der Waals surface area (Å²) in [4.78, 5) is 33.4. The first-order valence-corrected chi connectivity index (χ1v) is 13.1. The first-order chi connectivity index (χ1) is 17.8.